The molecule has 0 aromatic heterocycles. The van der Waals surface area contributed by atoms with Crippen LogP contribution in [0.25, 0.3) is 0 Å². The minimum Gasteiger partial charge on any atom is -0.315 e. The van der Waals surface area contributed by atoms with Gasteiger partial charge in [-0.1, -0.05) is 27.7 Å². The maximum absolute atomic E-state index is 3.46. The van der Waals surface area contributed by atoms with Gasteiger partial charge in [-0.05, 0) is 32.9 Å². The first-order valence-electron chi connectivity index (χ1n) is 6.00. The Balaban J connectivity index is 4.28. The lowest BCUT2D eigenvalue weighted by Gasteiger charge is -2.36. The van der Waals surface area contributed by atoms with Crippen molar-refractivity contribution < 1.29 is 0 Å². The minimum atomic E-state index is 0.644. The molecule has 0 spiro atoms. The summed E-state index contributed by atoms with van der Waals surface area (Å²) in [6.07, 6.45) is 0. The largest absolute Gasteiger partial charge is 0.315 e. The van der Waals surface area contributed by atoms with E-state index in [2.05, 4.69) is 51.8 Å². The Morgan fingerprint density at radius 2 is 1.64 bits per heavy atom. The van der Waals surface area contributed by atoms with Crippen molar-refractivity contribution in [2.45, 2.75) is 53.6 Å². The minimum absolute atomic E-state index is 0.644. The lowest BCUT2D eigenvalue weighted by Crippen LogP contribution is -2.48. The van der Waals surface area contributed by atoms with E-state index in [-0.39, 0.29) is 0 Å². The maximum Gasteiger partial charge on any atom is 0.0246 e. The fraction of sp³-hybridized carbons (Fsp3) is 1.00. The van der Waals surface area contributed by atoms with Crippen molar-refractivity contribution in [3.05, 3.63) is 0 Å². The van der Waals surface area contributed by atoms with Crippen LogP contribution in [-0.4, -0.2) is 36.6 Å². The van der Waals surface area contributed by atoms with Gasteiger partial charge in [-0.25, -0.2) is 0 Å². The van der Waals surface area contributed by atoms with E-state index in [1.807, 2.05) is 0 Å². The highest BCUT2D eigenvalue weighted by molar-refractivity contribution is 4.78. The highest BCUT2D eigenvalue weighted by Gasteiger charge is 2.21. The van der Waals surface area contributed by atoms with Gasteiger partial charge in [0.25, 0.3) is 0 Å². The number of rotatable bonds is 7. The van der Waals surface area contributed by atoms with Crippen LogP contribution in [0.1, 0.15) is 41.5 Å². The zero-order valence-corrected chi connectivity index (χ0v) is 10.8. The molecule has 1 atom stereocenters. The number of hydrogen-bond acceptors (Lipinski definition) is 2. The predicted octanol–water partition coefficient (Wildman–Crippen LogP) is 2.35. The Hall–Kier alpha value is -0.0800. The molecule has 14 heavy (non-hydrogen) atoms. The summed E-state index contributed by atoms with van der Waals surface area (Å²) in [5, 5.41) is 3.46. The van der Waals surface area contributed by atoms with Crippen LogP contribution in [0.15, 0.2) is 0 Å². The second kappa shape index (κ2) is 7.24. The third-order valence-corrected chi connectivity index (χ3v) is 2.83. The van der Waals surface area contributed by atoms with Crippen molar-refractivity contribution in [1.82, 2.24) is 10.2 Å². The molecule has 0 aliphatic heterocycles. The average molecular weight is 200 g/mol. The molecular weight excluding hydrogens is 172 g/mol. The number of nitrogens with one attached hydrogen (secondary N) is 1. The van der Waals surface area contributed by atoms with Crippen molar-refractivity contribution in [2.75, 3.05) is 19.6 Å². The van der Waals surface area contributed by atoms with Gasteiger partial charge in [0.2, 0.25) is 0 Å². The average Bonchev–Trinajstić information content (AvgIpc) is 2.10. The van der Waals surface area contributed by atoms with Crippen LogP contribution in [0, 0.1) is 5.92 Å². The summed E-state index contributed by atoms with van der Waals surface area (Å²) in [5.41, 5.74) is 0. The summed E-state index contributed by atoms with van der Waals surface area (Å²) in [6, 6.07) is 1.31. The lowest BCUT2D eigenvalue weighted by molar-refractivity contribution is 0.123. The Morgan fingerprint density at radius 3 is 1.93 bits per heavy atom. The van der Waals surface area contributed by atoms with Crippen LogP contribution in [0.3, 0.4) is 0 Å². The summed E-state index contributed by atoms with van der Waals surface area (Å²) in [7, 11) is 0. The van der Waals surface area contributed by atoms with E-state index in [1.54, 1.807) is 0 Å². The zero-order valence-electron chi connectivity index (χ0n) is 10.8. The van der Waals surface area contributed by atoms with E-state index in [4.69, 9.17) is 0 Å². The van der Waals surface area contributed by atoms with E-state index < -0.39 is 0 Å². The van der Waals surface area contributed by atoms with Crippen LogP contribution >= 0.6 is 0 Å². The predicted molar refractivity (Wildman–Crippen MR) is 64.7 cm³/mol. The molecule has 0 saturated carbocycles. The Bertz CT molecular complexity index is 132. The maximum atomic E-state index is 3.46. The van der Waals surface area contributed by atoms with Crippen LogP contribution < -0.4 is 5.32 Å². The fourth-order valence-electron chi connectivity index (χ4n) is 2.01. The van der Waals surface area contributed by atoms with E-state index in [0.29, 0.717) is 12.1 Å². The summed E-state index contributed by atoms with van der Waals surface area (Å²) in [4.78, 5) is 2.58. The Kier molecular flexibility index (Phi) is 7.20. The SMILES string of the molecule is CCNCC(C(C)C)N(CC)C(C)C. The second-order valence-electron chi connectivity index (χ2n) is 4.54. The number of hydrogen-bond donors (Lipinski definition) is 1. The molecule has 0 amide bonds. The molecule has 0 radical (unpaired) electrons. The standard InChI is InChI=1S/C12H28N2/c1-7-13-9-12(10(3)4)14(8-2)11(5)6/h10-13H,7-9H2,1-6H3. The number of nitrogens with zero attached hydrogens (tertiary/aromatic N) is 1. The van der Waals surface area contributed by atoms with Gasteiger partial charge < -0.3 is 5.32 Å². The highest BCUT2D eigenvalue weighted by atomic mass is 15.2. The molecule has 0 saturated heterocycles. The normalized spacial score (nSPS) is 14.4. The molecular formula is C12H28N2. The molecule has 0 aromatic carbocycles. The summed E-state index contributed by atoms with van der Waals surface area (Å²) < 4.78 is 0. The van der Waals surface area contributed by atoms with Gasteiger partial charge in [-0.2, -0.15) is 0 Å². The molecule has 0 aliphatic carbocycles. The summed E-state index contributed by atoms with van der Waals surface area (Å²) in [6.45, 7) is 16.9. The highest BCUT2D eigenvalue weighted by Crippen LogP contribution is 2.13. The quantitative estimate of drug-likeness (QED) is 0.678. The van der Waals surface area contributed by atoms with Gasteiger partial charge in [-0.3, -0.25) is 4.90 Å². The van der Waals surface area contributed by atoms with Crippen molar-refractivity contribution >= 4 is 0 Å². The monoisotopic (exact) mass is 200 g/mol. The van der Waals surface area contributed by atoms with Crippen molar-refractivity contribution in [2.24, 2.45) is 5.92 Å². The smallest absolute Gasteiger partial charge is 0.0246 e. The first kappa shape index (κ1) is 13.9. The fourth-order valence-corrected chi connectivity index (χ4v) is 2.01. The Labute approximate surface area is 90.1 Å². The van der Waals surface area contributed by atoms with E-state index in [1.165, 1.54) is 0 Å². The van der Waals surface area contributed by atoms with Gasteiger partial charge in [-0.15, -0.1) is 0 Å². The molecule has 2 nitrogen and oxygen atoms in total. The second-order valence-corrected chi connectivity index (χ2v) is 4.54. The van der Waals surface area contributed by atoms with E-state index in [9.17, 15) is 0 Å². The van der Waals surface area contributed by atoms with Crippen molar-refractivity contribution in [3.8, 4) is 0 Å². The van der Waals surface area contributed by atoms with Gasteiger partial charge in [0.15, 0.2) is 0 Å². The molecule has 0 rings (SSSR count). The van der Waals surface area contributed by atoms with E-state index >= 15 is 0 Å². The summed E-state index contributed by atoms with van der Waals surface area (Å²) in [5.74, 6) is 0.719. The van der Waals surface area contributed by atoms with Gasteiger partial charge in [0.1, 0.15) is 0 Å². The molecule has 1 N–H and O–H groups in total. The molecule has 86 valence electrons. The molecule has 2 heteroatoms. The lowest BCUT2D eigenvalue weighted by atomic mass is 10.0. The van der Waals surface area contributed by atoms with Gasteiger partial charge >= 0.3 is 0 Å². The van der Waals surface area contributed by atoms with Crippen LogP contribution in [0.2, 0.25) is 0 Å². The van der Waals surface area contributed by atoms with Crippen LogP contribution in [0.5, 0.6) is 0 Å². The van der Waals surface area contributed by atoms with Crippen molar-refractivity contribution in [1.29, 1.82) is 0 Å². The Morgan fingerprint density at radius 1 is 1.07 bits per heavy atom. The molecule has 0 aromatic rings. The first-order valence-corrected chi connectivity index (χ1v) is 6.00. The molecule has 0 heterocycles. The van der Waals surface area contributed by atoms with Gasteiger partial charge in [0, 0.05) is 18.6 Å². The number of likely N-dealkylation sites (N-methyl/N-ethyl adjacent to an activating group) is 2. The third kappa shape index (κ3) is 4.43. The zero-order chi connectivity index (χ0) is 11.1. The molecule has 0 bridgehead atoms. The van der Waals surface area contributed by atoms with Gasteiger partial charge in [0.05, 0.1) is 0 Å². The van der Waals surface area contributed by atoms with Crippen LogP contribution in [-0.2, 0) is 0 Å². The molecule has 0 aliphatic rings. The molecule has 1 unspecified atom stereocenters. The van der Waals surface area contributed by atoms with Crippen molar-refractivity contribution in [3.63, 3.8) is 0 Å². The first-order chi connectivity index (χ1) is 6.54. The van der Waals surface area contributed by atoms with Crippen LogP contribution in [0.4, 0.5) is 0 Å². The third-order valence-electron chi connectivity index (χ3n) is 2.83. The topological polar surface area (TPSA) is 15.3 Å². The summed E-state index contributed by atoms with van der Waals surface area (Å²) >= 11 is 0. The van der Waals surface area contributed by atoms with E-state index in [0.717, 1.165) is 25.6 Å². The molecule has 0 fully saturated rings.